The van der Waals surface area contributed by atoms with Gasteiger partial charge in [0.1, 0.15) is 11.9 Å². The maximum Gasteiger partial charge on any atom is 0.123 e. The van der Waals surface area contributed by atoms with Gasteiger partial charge in [0.15, 0.2) is 0 Å². The van der Waals surface area contributed by atoms with Gasteiger partial charge in [-0.3, -0.25) is 4.90 Å². The van der Waals surface area contributed by atoms with Gasteiger partial charge in [-0.15, -0.1) is 0 Å². The highest BCUT2D eigenvalue weighted by molar-refractivity contribution is 5.40. The molecule has 1 aromatic carbocycles. The molecule has 1 atom stereocenters. The normalized spacial score (nSPS) is 22.6. The van der Waals surface area contributed by atoms with E-state index in [1.54, 1.807) is 0 Å². The number of hydrogen-bond acceptors (Lipinski definition) is 4. The van der Waals surface area contributed by atoms with Crippen LogP contribution in [0, 0.1) is 6.92 Å². The molecule has 0 aliphatic carbocycles. The van der Waals surface area contributed by atoms with Gasteiger partial charge in [0.25, 0.3) is 0 Å². The summed E-state index contributed by atoms with van der Waals surface area (Å²) in [6.07, 6.45) is 1.32. The summed E-state index contributed by atoms with van der Waals surface area (Å²) < 4.78 is 11.3. The van der Waals surface area contributed by atoms with Crippen molar-refractivity contribution in [3.63, 3.8) is 0 Å². The Kier molecular flexibility index (Phi) is 4.55. The molecule has 0 aromatic heterocycles. The van der Waals surface area contributed by atoms with Crippen LogP contribution in [-0.4, -0.2) is 56.9 Å². The lowest BCUT2D eigenvalue weighted by Crippen LogP contribution is -2.41. The van der Waals surface area contributed by atoms with Crippen LogP contribution >= 0.6 is 0 Å². The van der Waals surface area contributed by atoms with Gasteiger partial charge in [-0.2, -0.15) is 0 Å². The molecule has 0 bridgehead atoms. The van der Waals surface area contributed by atoms with Crippen molar-refractivity contribution in [2.75, 3.05) is 45.9 Å². The van der Waals surface area contributed by atoms with Crippen LogP contribution in [0.3, 0.4) is 0 Å². The summed E-state index contributed by atoms with van der Waals surface area (Å²) in [5, 5.41) is 3.52. The van der Waals surface area contributed by atoms with Crippen molar-refractivity contribution < 1.29 is 9.47 Å². The number of nitrogens with one attached hydrogen (secondary N) is 1. The lowest BCUT2D eigenvalue weighted by molar-refractivity contribution is 0.0382. The maximum atomic E-state index is 5.96. The fourth-order valence-electron chi connectivity index (χ4n) is 2.89. The molecule has 2 aliphatic heterocycles. The highest BCUT2D eigenvalue weighted by atomic mass is 16.5. The Bertz CT molecular complexity index is 444. The van der Waals surface area contributed by atoms with Crippen LogP contribution in [0.15, 0.2) is 18.2 Å². The second-order valence-electron chi connectivity index (χ2n) is 5.71. The highest BCUT2D eigenvalue weighted by Crippen LogP contribution is 2.29. The molecule has 4 heteroatoms. The Hall–Kier alpha value is -1.10. The molecule has 20 heavy (non-hydrogen) atoms. The number of morpholine rings is 1. The van der Waals surface area contributed by atoms with Crippen molar-refractivity contribution in [3.8, 4) is 5.75 Å². The Morgan fingerprint density at radius 3 is 3.00 bits per heavy atom. The summed E-state index contributed by atoms with van der Waals surface area (Å²) in [5.41, 5.74) is 2.67. The van der Waals surface area contributed by atoms with Crippen molar-refractivity contribution in [3.05, 3.63) is 29.3 Å². The van der Waals surface area contributed by atoms with E-state index in [4.69, 9.17) is 9.47 Å². The largest absolute Gasteiger partial charge is 0.488 e. The second-order valence-corrected chi connectivity index (χ2v) is 5.71. The summed E-state index contributed by atoms with van der Waals surface area (Å²) in [6.45, 7) is 9.06. The molecular formula is C16H24N2O2. The Labute approximate surface area is 121 Å². The van der Waals surface area contributed by atoms with Crippen LogP contribution in [0.4, 0.5) is 0 Å². The quantitative estimate of drug-likeness (QED) is 0.820. The molecule has 3 rings (SSSR count). The molecule has 4 nitrogen and oxygen atoms in total. The monoisotopic (exact) mass is 276 g/mol. The molecule has 2 heterocycles. The molecule has 0 spiro atoms. The van der Waals surface area contributed by atoms with Crippen LogP contribution < -0.4 is 10.1 Å². The number of nitrogens with zero attached hydrogens (tertiary/aromatic N) is 1. The van der Waals surface area contributed by atoms with Crippen LogP contribution in [0.1, 0.15) is 11.1 Å². The highest BCUT2D eigenvalue weighted by Gasteiger charge is 2.22. The van der Waals surface area contributed by atoms with E-state index < -0.39 is 0 Å². The summed E-state index contributed by atoms with van der Waals surface area (Å²) in [5.74, 6) is 1.07. The number of rotatable bonds is 5. The van der Waals surface area contributed by atoms with Crippen molar-refractivity contribution in [2.45, 2.75) is 19.4 Å². The van der Waals surface area contributed by atoms with Crippen LogP contribution in [0.25, 0.3) is 0 Å². The summed E-state index contributed by atoms with van der Waals surface area (Å²) in [6, 6.07) is 6.45. The average Bonchev–Trinajstić information content (AvgIpc) is 2.86. The molecule has 0 radical (unpaired) electrons. The van der Waals surface area contributed by atoms with E-state index in [9.17, 15) is 0 Å². The third-order valence-electron chi connectivity index (χ3n) is 4.04. The third-order valence-corrected chi connectivity index (χ3v) is 4.04. The lowest BCUT2D eigenvalue weighted by atomic mass is 10.1. The molecule has 1 aromatic rings. The predicted octanol–water partition coefficient (Wildman–Crippen LogP) is 1.22. The van der Waals surface area contributed by atoms with Crippen molar-refractivity contribution in [1.82, 2.24) is 10.2 Å². The molecule has 1 N–H and O–H groups in total. The van der Waals surface area contributed by atoms with E-state index in [0.717, 1.165) is 58.1 Å². The standard InChI is InChI=1S/C16H24N2O2/c1-13-2-3-16-14(10-13)11-15(20-16)12-17-4-5-18-6-8-19-9-7-18/h2-3,10,15,17H,4-9,11-12H2,1H3. The van der Waals surface area contributed by atoms with E-state index in [2.05, 4.69) is 35.3 Å². The molecule has 1 saturated heterocycles. The first-order chi connectivity index (χ1) is 9.81. The van der Waals surface area contributed by atoms with Crippen molar-refractivity contribution in [1.29, 1.82) is 0 Å². The van der Waals surface area contributed by atoms with E-state index >= 15 is 0 Å². The van der Waals surface area contributed by atoms with Crippen LogP contribution in [0.2, 0.25) is 0 Å². The van der Waals surface area contributed by atoms with Crippen molar-refractivity contribution in [2.24, 2.45) is 0 Å². The topological polar surface area (TPSA) is 33.7 Å². The predicted molar refractivity (Wildman–Crippen MR) is 79.4 cm³/mol. The number of benzene rings is 1. The van der Waals surface area contributed by atoms with Crippen LogP contribution in [0.5, 0.6) is 5.75 Å². The Morgan fingerprint density at radius 1 is 1.30 bits per heavy atom. The van der Waals surface area contributed by atoms with Gasteiger partial charge >= 0.3 is 0 Å². The number of ether oxygens (including phenoxy) is 2. The van der Waals surface area contributed by atoms with E-state index in [1.807, 2.05) is 0 Å². The smallest absolute Gasteiger partial charge is 0.123 e. The SMILES string of the molecule is Cc1ccc2c(c1)CC(CNCCN1CCOCC1)O2. The number of hydrogen-bond donors (Lipinski definition) is 1. The van der Waals surface area contributed by atoms with Gasteiger partial charge < -0.3 is 14.8 Å². The summed E-state index contributed by atoms with van der Waals surface area (Å²) in [7, 11) is 0. The Morgan fingerprint density at radius 2 is 2.15 bits per heavy atom. The van der Waals surface area contributed by atoms with Gasteiger partial charge in [-0.05, 0) is 18.6 Å². The molecule has 0 amide bonds. The van der Waals surface area contributed by atoms with E-state index in [1.165, 1.54) is 11.1 Å². The molecular weight excluding hydrogens is 252 g/mol. The molecule has 2 aliphatic rings. The van der Waals surface area contributed by atoms with Gasteiger partial charge in [-0.1, -0.05) is 17.7 Å². The minimum atomic E-state index is 0.288. The minimum Gasteiger partial charge on any atom is -0.488 e. The number of aryl methyl sites for hydroxylation is 1. The van der Waals surface area contributed by atoms with Gasteiger partial charge in [-0.25, -0.2) is 0 Å². The van der Waals surface area contributed by atoms with Crippen LogP contribution in [-0.2, 0) is 11.2 Å². The molecule has 110 valence electrons. The fraction of sp³-hybridized carbons (Fsp3) is 0.625. The van der Waals surface area contributed by atoms with Gasteiger partial charge in [0.05, 0.1) is 13.2 Å². The second kappa shape index (κ2) is 6.57. The molecule has 1 unspecified atom stereocenters. The summed E-state index contributed by atoms with van der Waals surface area (Å²) in [4.78, 5) is 2.45. The zero-order chi connectivity index (χ0) is 13.8. The van der Waals surface area contributed by atoms with E-state index in [0.29, 0.717) is 0 Å². The molecule has 0 saturated carbocycles. The van der Waals surface area contributed by atoms with Gasteiger partial charge in [0, 0.05) is 39.1 Å². The maximum absolute atomic E-state index is 5.96. The zero-order valence-electron chi connectivity index (χ0n) is 12.2. The third kappa shape index (κ3) is 3.51. The fourth-order valence-corrected chi connectivity index (χ4v) is 2.89. The molecule has 1 fully saturated rings. The first kappa shape index (κ1) is 13.9. The lowest BCUT2D eigenvalue weighted by Gasteiger charge is -2.26. The van der Waals surface area contributed by atoms with E-state index in [-0.39, 0.29) is 6.10 Å². The Balaban J connectivity index is 1.36. The summed E-state index contributed by atoms with van der Waals surface area (Å²) >= 11 is 0. The first-order valence-electron chi connectivity index (χ1n) is 7.58. The van der Waals surface area contributed by atoms with Gasteiger partial charge in [0.2, 0.25) is 0 Å². The minimum absolute atomic E-state index is 0.288. The average molecular weight is 276 g/mol. The van der Waals surface area contributed by atoms with Crippen molar-refractivity contribution >= 4 is 0 Å². The first-order valence-corrected chi connectivity index (χ1v) is 7.58. The zero-order valence-corrected chi connectivity index (χ0v) is 12.2. The number of fused-ring (bicyclic) bond motifs is 1.